The molecule has 2 aliphatic rings. The molecule has 154 valence electrons. The molecule has 1 aliphatic heterocycles. The lowest BCUT2D eigenvalue weighted by molar-refractivity contribution is -0.124. The van der Waals surface area contributed by atoms with E-state index >= 15 is 0 Å². The van der Waals surface area contributed by atoms with Crippen molar-refractivity contribution in [3.63, 3.8) is 0 Å². The van der Waals surface area contributed by atoms with Gasteiger partial charge >= 0.3 is 0 Å². The maximum Gasteiger partial charge on any atom is 0.254 e. The number of hydrogen-bond donors (Lipinski definition) is 1. The lowest BCUT2D eigenvalue weighted by atomic mass is 9.71. The number of nitrogens with zero attached hydrogens (tertiary/aromatic N) is 2. The molecule has 5 heteroatoms. The normalized spacial score (nSPS) is 18.4. The molecule has 1 aromatic rings. The van der Waals surface area contributed by atoms with Gasteiger partial charge in [-0.15, -0.1) is 0 Å². The molecule has 2 amide bonds. The molecule has 0 atom stereocenters. The Balaban J connectivity index is 1.60. The summed E-state index contributed by atoms with van der Waals surface area (Å²) in [6.07, 6.45) is 6.15. The van der Waals surface area contributed by atoms with Crippen molar-refractivity contribution in [2.24, 2.45) is 5.41 Å². The second kappa shape index (κ2) is 9.55. The smallest absolute Gasteiger partial charge is 0.254 e. The van der Waals surface area contributed by atoms with Crippen LogP contribution < -0.4 is 5.32 Å². The number of hydrogen-bond acceptors (Lipinski definition) is 3. The summed E-state index contributed by atoms with van der Waals surface area (Å²) in [6, 6.07) is 7.89. The largest absolute Gasteiger partial charge is 0.355 e. The van der Waals surface area contributed by atoms with E-state index in [-0.39, 0.29) is 17.2 Å². The molecule has 1 fully saturated rings. The zero-order valence-corrected chi connectivity index (χ0v) is 17.5. The number of fused-ring (bicyclic) bond motifs is 1. The van der Waals surface area contributed by atoms with Crippen molar-refractivity contribution in [2.75, 3.05) is 32.7 Å². The molecule has 1 aromatic carbocycles. The monoisotopic (exact) mass is 385 g/mol. The summed E-state index contributed by atoms with van der Waals surface area (Å²) >= 11 is 0. The Morgan fingerprint density at radius 3 is 2.54 bits per heavy atom. The Morgan fingerprint density at radius 1 is 1.14 bits per heavy atom. The summed E-state index contributed by atoms with van der Waals surface area (Å²) in [5.74, 6) is 0.265. The average molecular weight is 386 g/mol. The van der Waals surface area contributed by atoms with Gasteiger partial charge in [-0.3, -0.25) is 9.59 Å². The van der Waals surface area contributed by atoms with Crippen molar-refractivity contribution in [1.29, 1.82) is 0 Å². The van der Waals surface area contributed by atoms with Gasteiger partial charge < -0.3 is 15.1 Å². The van der Waals surface area contributed by atoms with Gasteiger partial charge in [0, 0.05) is 38.2 Å². The van der Waals surface area contributed by atoms with Crippen LogP contribution in [0, 0.1) is 5.41 Å². The van der Waals surface area contributed by atoms with E-state index < -0.39 is 0 Å². The Labute approximate surface area is 169 Å². The first-order chi connectivity index (χ1) is 13.6. The number of amides is 2. The lowest BCUT2D eigenvalue weighted by Crippen LogP contribution is -2.43. The molecule has 0 aromatic heterocycles. The van der Waals surface area contributed by atoms with E-state index in [2.05, 4.69) is 24.1 Å². The number of likely N-dealkylation sites (N-methyl/N-ethyl adjacent to an activating group) is 1. The van der Waals surface area contributed by atoms with Crippen molar-refractivity contribution >= 4 is 11.8 Å². The second-order valence-corrected chi connectivity index (χ2v) is 8.43. The molecule has 0 radical (unpaired) electrons. The minimum absolute atomic E-state index is 0.0742. The summed E-state index contributed by atoms with van der Waals surface area (Å²) in [5.41, 5.74) is 1.87. The topological polar surface area (TPSA) is 52.7 Å². The predicted octanol–water partition coefficient (Wildman–Crippen LogP) is 3.44. The van der Waals surface area contributed by atoms with Crippen LogP contribution >= 0.6 is 0 Å². The van der Waals surface area contributed by atoms with Crippen LogP contribution in [0.1, 0.15) is 68.3 Å². The maximum absolute atomic E-state index is 12.8. The highest BCUT2D eigenvalue weighted by atomic mass is 16.2. The highest BCUT2D eigenvalue weighted by Gasteiger charge is 2.39. The van der Waals surface area contributed by atoms with E-state index in [1.54, 1.807) is 0 Å². The fraction of sp³-hybridized carbons (Fsp3) is 0.652. The van der Waals surface area contributed by atoms with Crippen LogP contribution in [-0.4, -0.2) is 54.3 Å². The predicted molar refractivity (Wildman–Crippen MR) is 112 cm³/mol. The highest BCUT2D eigenvalue weighted by molar-refractivity contribution is 5.98. The third kappa shape index (κ3) is 4.93. The first-order valence-electron chi connectivity index (χ1n) is 10.9. The molecular formula is C23H35N3O2. The SMILES string of the molecule is CCN(CC)CCNC(=O)CC1(CN2Cc3ccccc3C2=O)CCCCC1. The van der Waals surface area contributed by atoms with E-state index in [1.165, 1.54) is 6.42 Å². The van der Waals surface area contributed by atoms with Gasteiger partial charge in [-0.25, -0.2) is 0 Å². The Bertz CT molecular complexity index is 678. The number of carbonyl (C=O) groups excluding carboxylic acids is 2. The van der Waals surface area contributed by atoms with E-state index in [1.807, 2.05) is 29.2 Å². The molecule has 0 saturated heterocycles. The molecule has 1 heterocycles. The van der Waals surface area contributed by atoms with Gasteiger partial charge in [0.2, 0.25) is 5.91 Å². The van der Waals surface area contributed by atoms with Crippen molar-refractivity contribution in [3.8, 4) is 0 Å². The number of carbonyl (C=O) groups is 2. The fourth-order valence-corrected chi connectivity index (χ4v) is 4.84. The van der Waals surface area contributed by atoms with Crippen molar-refractivity contribution < 1.29 is 9.59 Å². The number of benzene rings is 1. The highest BCUT2D eigenvalue weighted by Crippen LogP contribution is 2.41. The maximum atomic E-state index is 12.8. The first kappa shape index (κ1) is 20.8. The Hall–Kier alpha value is -1.88. The van der Waals surface area contributed by atoms with Crippen LogP contribution in [0.4, 0.5) is 0 Å². The molecule has 1 N–H and O–H groups in total. The fourth-order valence-electron chi connectivity index (χ4n) is 4.84. The minimum Gasteiger partial charge on any atom is -0.355 e. The molecule has 1 saturated carbocycles. The molecule has 5 nitrogen and oxygen atoms in total. The molecule has 0 unspecified atom stereocenters. The molecule has 3 rings (SSSR count). The molecular weight excluding hydrogens is 350 g/mol. The van der Waals surface area contributed by atoms with Gasteiger partial charge in [-0.1, -0.05) is 51.3 Å². The second-order valence-electron chi connectivity index (χ2n) is 8.43. The van der Waals surface area contributed by atoms with Gasteiger partial charge in [-0.2, -0.15) is 0 Å². The van der Waals surface area contributed by atoms with E-state index in [9.17, 15) is 9.59 Å². The van der Waals surface area contributed by atoms with Crippen LogP contribution in [-0.2, 0) is 11.3 Å². The zero-order valence-electron chi connectivity index (χ0n) is 17.5. The van der Waals surface area contributed by atoms with Gasteiger partial charge in [0.05, 0.1) is 0 Å². The molecule has 1 aliphatic carbocycles. The van der Waals surface area contributed by atoms with Crippen LogP contribution in [0.2, 0.25) is 0 Å². The summed E-state index contributed by atoms with van der Waals surface area (Å²) < 4.78 is 0. The third-order valence-electron chi connectivity index (χ3n) is 6.52. The van der Waals surface area contributed by atoms with E-state index in [4.69, 9.17) is 0 Å². The van der Waals surface area contributed by atoms with Crippen LogP contribution in [0.15, 0.2) is 24.3 Å². The van der Waals surface area contributed by atoms with Crippen LogP contribution in [0.3, 0.4) is 0 Å². The molecule has 0 bridgehead atoms. The van der Waals surface area contributed by atoms with Crippen molar-refractivity contribution in [1.82, 2.24) is 15.1 Å². The molecule has 28 heavy (non-hydrogen) atoms. The Morgan fingerprint density at radius 2 is 1.86 bits per heavy atom. The quantitative estimate of drug-likeness (QED) is 0.708. The minimum atomic E-state index is -0.0742. The van der Waals surface area contributed by atoms with Crippen LogP contribution in [0.25, 0.3) is 0 Å². The van der Waals surface area contributed by atoms with Gasteiger partial charge in [0.15, 0.2) is 0 Å². The zero-order chi connectivity index (χ0) is 20.0. The number of nitrogens with one attached hydrogen (secondary N) is 1. The number of rotatable bonds is 9. The average Bonchev–Trinajstić information content (AvgIpc) is 3.01. The standard InChI is InChI=1S/C23H35N3O2/c1-3-25(4-2)15-14-24-21(27)16-23(12-8-5-9-13-23)18-26-17-19-10-6-7-11-20(19)22(26)28/h6-7,10-11H,3-5,8-9,12-18H2,1-2H3,(H,24,27). The third-order valence-corrected chi connectivity index (χ3v) is 6.52. The summed E-state index contributed by atoms with van der Waals surface area (Å²) in [7, 11) is 0. The summed E-state index contributed by atoms with van der Waals surface area (Å²) in [4.78, 5) is 29.8. The van der Waals surface area contributed by atoms with Gasteiger partial charge in [0.25, 0.3) is 5.91 Å². The summed E-state index contributed by atoms with van der Waals surface area (Å²) in [5, 5.41) is 3.12. The van der Waals surface area contributed by atoms with Crippen molar-refractivity contribution in [3.05, 3.63) is 35.4 Å². The molecule has 0 spiro atoms. The van der Waals surface area contributed by atoms with E-state index in [0.29, 0.717) is 26.1 Å². The Kier molecular flexibility index (Phi) is 7.11. The van der Waals surface area contributed by atoms with Gasteiger partial charge in [-0.05, 0) is 43.0 Å². The summed E-state index contributed by atoms with van der Waals surface area (Å²) in [6.45, 7) is 9.28. The van der Waals surface area contributed by atoms with Gasteiger partial charge in [0.1, 0.15) is 0 Å². The first-order valence-corrected chi connectivity index (χ1v) is 10.9. The van der Waals surface area contributed by atoms with Crippen LogP contribution in [0.5, 0.6) is 0 Å². The lowest BCUT2D eigenvalue weighted by Gasteiger charge is -2.39. The van der Waals surface area contributed by atoms with E-state index in [0.717, 1.165) is 56.4 Å². The van der Waals surface area contributed by atoms with Crippen molar-refractivity contribution in [2.45, 2.75) is 58.9 Å².